The normalized spacial score (nSPS) is 12.6. The van der Waals surface area contributed by atoms with Crippen molar-refractivity contribution in [3.05, 3.63) is 17.6 Å². The van der Waals surface area contributed by atoms with Gasteiger partial charge in [-0.3, -0.25) is 0 Å². The van der Waals surface area contributed by atoms with E-state index in [1.54, 1.807) is 27.1 Å². The maximum atomic E-state index is 12.7. The van der Waals surface area contributed by atoms with Crippen molar-refractivity contribution in [2.45, 2.75) is 38.3 Å². The molecule has 7 heteroatoms. The summed E-state index contributed by atoms with van der Waals surface area (Å²) in [6.45, 7) is 6.53. The summed E-state index contributed by atoms with van der Waals surface area (Å²) >= 11 is 0. The molecule has 1 aromatic rings. The largest absolute Gasteiger partial charge is 0.464 e. The van der Waals surface area contributed by atoms with Crippen LogP contribution in [0.5, 0.6) is 0 Å². The highest BCUT2D eigenvalue weighted by atomic mass is 32.2. The first kappa shape index (κ1) is 17.2. The lowest BCUT2D eigenvalue weighted by molar-refractivity contribution is 0.171. The molecule has 0 aliphatic heterocycles. The van der Waals surface area contributed by atoms with Gasteiger partial charge in [-0.15, -0.1) is 0 Å². The molecule has 0 fully saturated rings. The van der Waals surface area contributed by atoms with E-state index < -0.39 is 10.0 Å². The van der Waals surface area contributed by atoms with E-state index >= 15 is 0 Å². The Balaban J connectivity index is 3.12. The van der Waals surface area contributed by atoms with E-state index in [0.29, 0.717) is 31.2 Å². The van der Waals surface area contributed by atoms with Crippen LogP contribution in [-0.4, -0.2) is 46.1 Å². The summed E-state index contributed by atoms with van der Waals surface area (Å²) in [5.74, 6) is 1.03. The number of hydrogen-bond acceptors (Lipinski definition) is 5. The smallest absolute Gasteiger partial charge is 0.246 e. The molecule has 0 bridgehead atoms. The first-order chi connectivity index (χ1) is 9.34. The van der Waals surface area contributed by atoms with Gasteiger partial charge in [0.2, 0.25) is 10.0 Å². The lowest BCUT2D eigenvalue weighted by Crippen LogP contribution is -2.39. The highest BCUT2D eigenvalue weighted by Crippen LogP contribution is 2.25. The third kappa shape index (κ3) is 3.82. The zero-order valence-corrected chi connectivity index (χ0v) is 13.6. The average Bonchev–Trinajstić information content (AvgIpc) is 2.71. The molecule has 1 aromatic heterocycles. The summed E-state index contributed by atoms with van der Waals surface area (Å²) in [6, 6.07) is 1.45. The summed E-state index contributed by atoms with van der Waals surface area (Å²) in [6.07, 6.45) is 0. The van der Waals surface area contributed by atoms with Crippen molar-refractivity contribution in [3.63, 3.8) is 0 Å². The van der Waals surface area contributed by atoms with Crippen molar-refractivity contribution in [2.75, 3.05) is 27.3 Å². The van der Waals surface area contributed by atoms with Gasteiger partial charge >= 0.3 is 0 Å². The topological polar surface area (TPSA) is 71.8 Å². The number of ether oxygens (including phenoxy) is 1. The third-order valence-corrected chi connectivity index (χ3v) is 5.14. The van der Waals surface area contributed by atoms with Gasteiger partial charge in [0, 0.05) is 25.8 Å². The molecular weight excluding hydrogens is 280 g/mol. The predicted octanol–water partition coefficient (Wildman–Crippen LogP) is 1.35. The van der Waals surface area contributed by atoms with Gasteiger partial charge < -0.3 is 14.5 Å². The van der Waals surface area contributed by atoms with E-state index in [1.165, 1.54) is 4.31 Å². The first-order valence-corrected chi connectivity index (χ1v) is 8.03. The lowest BCUT2D eigenvalue weighted by atomic mass is 10.4. The zero-order chi connectivity index (χ0) is 15.3. The van der Waals surface area contributed by atoms with Crippen LogP contribution >= 0.6 is 0 Å². The molecule has 0 aromatic carbocycles. The molecule has 0 unspecified atom stereocenters. The fourth-order valence-corrected chi connectivity index (χ4v) is 3.81. The molecule has 0 saturated heterocycles. The van der Waals surface area contributed by atoms with Crippen LogP contribution in [0.1, 0.15) is 25.4 Å². The van der Waals surface area contributed by atoms with Gasteiger partial charge in [-0.1, -0.05) is 0 Å². The summed E-state index contributed by atoms with van der Waals surface area (Å²) < 4.78 is 37.3. The summed E-state index contributed by atoms with van der Waals surface area (Å²) in [4.78, 5) is 0.229. The van der Waals surface area contributed by atoms with E-state index in [9.17, 15) is 8.42 Å². The Morgan fingerprint density at radius 2 is 2.10 bits per heavy atom. The molecular formula is C13H24N2O4S. The van der Waals surface area contributed by atoms with Gasteiger partial charge in [0.15, 0.2) is 0 Å². The molecule has 20 heavy (non-hydrogen) atoms. The maximum Gasteiger partial charge on any atom is 0.246 e. The van der Waals surface area contributed by atoms with Gasteiger partial charge in [-0.2, -0.15) is 4.31 Å². The van der Waals surface area contributed by atoms with E-state index in [-0.39, 0.29) is 10.9 Å². The molecule has 0 radical (unpaired) electrons. The molecule has 0 aliphatic rings. The van der Waals surface area contributed by atoms with Crippen molar-refractivity contribution >= 4 is 10.0 Å². The van der Waals surface area contributed by atoms with Crippen molar-refractivity contribution in [2.24, 2.45) is 0 Å². The molecule has 1 N–H and O–H groups in total. The molecule has 0 spiro atoms. The molecule has 1 heterocycles. The van der Waals surface area contributed by atoms with E-state index in [1.807, 2.05) is 13.8 Å². The van der Waals surface area contributed by atoms with Crippen molar-refractivity contribution in [3.8, 4) is 0 Å². The van der Waals surface area contributed by atoms with Crippen molar-refractivity contribution in [1.29, 1.82) is 0 Å². The van der Waals surface area contributed by atoms with Gasteiger partial charge in [-0.05, 0) is 27.8 Å². The minimum Gasteiger partial charge on any atom is -0.464 e. The minimum atomic E-state index is -3.57. The molecule has 0 atom stereocenters. The Morgan fingerprint density at radius 1 is 1.45 bits per heavy atom. The monoisotopic (exact) mass is 304 g/mol. The summed E-state index contributed by atoms with van der Waals surface area (Å²) in [5.41, 5.74) is 0. The summed E-state index contributed by atoms with van der Waals surface area (Å²) in [5, 5.41) is 2.94. The number of methoxy groups -OCH3 is 1. The van der Waals surface area contributed by atoms with Crippen LogP contribution in [0.2, 0.25) is 0 Å². The number of sulfonamides is 1. The van der Waals surface area contributed by atoms with Crippen LogP contribution in [0.15, 0.2) is 15.4 Å². The first-order valence-electron chi connectivity index (χ1n) is 6.59. The second kappa shape index (κ2) is 7.21. The number of nitrogens with zero attached hydrogens (tertiary/aromatic N) is 1. The molecule has 116 valence electrons. The Labute approximate surface area is 121 Å². The molecule has 0 saturated carbocycles. The molecule has 1 rings (SSSR count). The van der Waals surface area contributed by atoms with Crippen LogP contribution in [0.4, 0.5) is 0 Å². The Morgan fingerprint density at radius 3 is 2.60 bits per heavy atom. The minimum absolute atomic E-state index is 0.141. The fraction of sp³-hybridized carbons (Fsp3) is 0.692. The number of rotatable bonds is 8. The van der Waals surface area contributed by atoms with Crippen molar-refractivity contribution < 1.29 is 17.6 Å². The average molecular weight is 304 g/mol. The molecule has 6 nitrogen and oxygen atoms in total. The van der Waals surface area contributed by atoms with Crippen molar-refractivity contribution in [1.82, 2.24) is 9.62 Å². The molecule has 0 amide bonds. The number of nitrogens with one attached hydrogen (secondary N) is 1. The van der Waals surface area contributed by atoms with Gasteiger partial charge in [0.1, 0.15) is 16.4 Å². The maximum absolute atomic E-state index is 12.7. The highest BCUT2D eigenvalue weighted by molar-refractivity contribution is 7.89. The second-order valence-corrected chi connectivity index (χ2v) is 6.72. The van der Waals surface area contributed by atoms with E-state index in [4.69, 9.17) is 9.15 Å². The Kier molecular flexibility index (Phi) is 6.19. The molecule has 0 aliphatic carbocycles. The van der Waals surface area contributed by atoms with Crippen LogP contribution in [0.3, 0.4) is 0 Å². The summed E-state index contributed by atoms with van der Waals surface area (Å²) in [7, 11) is -0.231. The number of furan rings is 1. The van der Waals surface area contributed by atoms with Gasteiger partial charge in [0.25, 0.3) is 0 Å². The lowest BCUT2D eigenvalue weighted by Gasteiger charge is -2.25. The Hall–Kier alpha value is -0.890. The van der Waals surface area contributed by atoms with Crippen LogP contribution in [0, 0.1) is 6.92 Å². The zero-order valence-electron chi connectivity index (χ0n) is 12.8. The predicted molar refractivity (Wildman–Crippen MR) is 77.1 cm³/mol. The van der Waals surface area contributed by atoms with Crippen LogP contribution < -0.4 is 5.32 Å². The number of aryl methyl sites for hydroxylation is 1. The van der Waals surface area contributed by atoms with Crippen LogP contribution in [-0.2, 0) is 21.3 Å². The number of hydrogen-bond donors (Lipinski definition) is 1. The standard InChI is InChI=1S/C13H24N2O4S/c1-10(2)15(6-7-18-5)20(16,17)13-8-12(9-14-4)19-11(13)3/h8,10,14H,6-7,9H2,1-5H3. The fourth-order valence-electron chi connectivity index (χ4n) is 2.01. The van der Waals surface area contributed by atoms with E-state index in [2.05, 4.69) is 5.32 Å². The quantitative estimate of drug-likeness (QED) is 0.785. The SMILES string of the molecule is CNCc1cc(S(=O)(=O)N(CCOC)C(C)C)c(C)o1. The third-order valence-electron chi connectivity index (χ3n) is 2.95. The second-order valence-electron chi connectivity index (χ2n) is 4.87. The van der Waals surface area contributed by atoms with Crippen LogP contribution in [0.25, 0.3) is 0 Å². The highest BCUT2D eigenvalue weighted by Gasteiger charge is 2.30. The van der Waals surface area contributed by atoms with Gasteiger partial charge in [0.05, 0.1) is 13.2 Å². The van der Waals surface area contributed by atoms with Gasteiger partial charge in [-0.25, -0.2) is 8.42 Å². The van der Waals surface area contributed by atoms with E-state index in [0.717, 1.165) is 0 Å². The Bertz CT molecular complexity index is 522.